The van der Waals surface area contributed by atoms with Gasteiger partial charge in [-0.05, 0) is 18.2 Å². The highest BCUT2D eigenvalue weighted by molar-refractivity contribution is 5.61. The molecule has 0 bridgehead atoms. The first-order valence-corrected chi connectivity index (χ1v) is 8.84. The van der Waals surface area contributed by atoms with Crippen LogP contribution in [-0.2, 0) is 6.42 Å². The number of ether oxygens (including phenoxy) is 1. The van der Waals surface area contributed by atoms with Gasteiger partial charge in [-0.3, -0.25) is 0 Å². The number of aromatic nitrogens is 6. The summed E-state index contributed by atoms with van der Waals surface area (Å²) in [5, 5.41) is 11.6. The van der Waals surface area contributed by atoms with Crippen molar-refractivity contribution in [1.82, 2.24) is 29.8 Å². The van der Waals surface area contributed by atoms with Crippen LogP contribution in [0.3, 0.4) is 0 Å². The number of nitrogens with zero attached hydrogens (tertiary/aromatic N) is 6. The summed E-state index contributed by atoms with van der Waals surface area (Å²) in [6.45, 7) is -2.64. The molecule has 0 unspecified atom stereocenters. The smallest absolute Gasteiger partial charge is 0.387 e. The quantitative estimate of drug-likeness (QED) is 0.493. The van der Waals surface area contributed by atoms with Gasteiger partial charge in [-0.2, -0.15) is 22.7 Å². The van der Waals surface area contributed by atoms with Gasteiger partial charge in [0.1, 0.15) is 11.6 Å². The molecule has 13 heteroatoms. The number of pyridine rings is 1. The molecule has 1 N–H and O–H groups in total. The number of hydrogen-bond acceptors (Lipinski definition) is 7. The lowest BCUT2D eigenvalue weighted by Crippen LogP contribution is -2.36. The largest absolute Gasteiger partial charge is 0.433 e. The molecule has 0 aromatic carbocycles. The van der Waals surface area contributed by atoms with Gasteiger partial charge in [-0.15, -0.1) is 5.10 Å². The fourth-order valence-corrected chi connectivity index (χ4v) is 3.55. The van der Waals surface area contributed by atoms with Gasteiger partial charge in [-0.1, -0.05) is 5.10 Å². The first kappa shape index (κ1) is 18.4. The number of H-pyrrole nitrogens is 1. The maximum atomic E-state index is 12.9. The van der Waals surface area contributed by atoms with Gasteiger partial charge in [0, 0.05) is 24.9 Å². The van der Waals surface area contributed by atoms with Gasteiger partial charge in [0.15, 0.2) is 5.75 Å². The standard InChI is InChI=1S/C17H13F4N7O2/c18-14(19)15-24-25-17(30-15)27-5-3-8-12(23-7-22-8)13(27)9-6-10-11(29-16(20)21)2-1-4-28(10)26-9/h1-2,4,6-7,13-14,16H,3,5H2,(H,22,23)/t13-/m0/s1. The van der Waals surface area contributed by atoms with E-state index in [0.29, 0.717) is 29.9 Å². The van der Waals surface area contributed by atoms with Gasteiger partial charge in [0.05, 0.1) is 17.7 Å². The Morgan fingerprint density at radius 1 is 1.23 bits per heavy atom. The monoisotopic (exact) mass is 423 g/mol. The Kier molecular flexibility index (Phi) is 4.29. The number of aromatic amines is 1. The highest BCUT2D eigenvalue weighted by Crippen LogP contribution is 2.37. The molecule has 5 rings (SSSR count). The van der Waals surface area contributed by atoms with Crippen LogP contribution >= 0.6 is 0 Å². The molecule has 0 fully saturated rings. The Morgan fingerprint density at radius 3 is 2.87 bits per heavy atom. The number of anilines is 1. The van der Waals surface area contributed by atoms with E-state index in [9.17, 15) is 17.6 Å². The Labute approximate surface area is 165 Å². The fraction of sp³-hybridized carbons (Fsp3) is 0.294. The highest BCUT2D eigenvalue weighted by Gasteiger charge is 2.36. The summed E-state index contributed by atoms with van der Waals surface area (Å²) in [5.41, 5.74) is 2.17. The second kappa shape index (κ2) is 7.00. The van der Waals surface area contributed by atoms with Crippen molar-refractivity contribution in [2.75, 3.05) is 11.4 Å². The number of fused-ring (bicyclic) bond motifs is 2. The summed E-state index contributed by atoms with van der Waals surface area (Å²) in [4.78, 5) is 8.99. The summed E-state index contributed by atoms with van der Waals surface area (Å²) in [6.07, 6.45) is 0.725. The third kappa shape index (κ3) is 3.02. The third-order valence-corrected chi connectivity index (χ3v) is 4.77. The van der Waals surface area contributed by atoms with Gasteiger partial charge in [0.2, 0.25) is 0 Å². The van der Waals surface area contributed by atoms with Crippen molar-refractivity contribution in [3.63, 3.8) is 0 Å². The van der Waals surface area contributed by atoms with E-state index in [-0.39, 0.29) is 11.8 Å². The predicted molar refractivity (Wildman–Crippen MR) is 92.6 cm³/mol. The topological polar surface area (TPSA) is 97.4 Å². The van der Waals surface area contributed by atoms with Crippen molar-refractivity contribution in [2.45, 2.75) is 25.5 Å². The predicted octanol–water partition coefficient (Wildman–Crippen LogP) is 3.13. The number of halogens is 4. The van der Waals surface area contributed by atoms with E-state index in [2.05, 4.69) is 30.0 Å². The first-order chi connectivity index (χ1) is 14.5. The van der Waals surface area contributed by atoms with Crippen molar-refractivity contribution >= 4 is 11.5 Å². The van der Waals surface area contributed by atoms with Gasteiger partial charge in [0.25, 0.3) is 5.89 Å². The number of nitrogens with one attached hydrogen (secondary N) is 1. The van der Waals surface area contributed by atoms with Gasteiger partial charge < -0.3 is 19.0 Å². The third-order valence-electron chi connectivity index (χ3n) is 4.77. The highest BCUT2D eigenvalue weighted by atomic mass is 19.3. The van der Waals surface area contributed by atoms with E-state index < -0.39 is 25.0 Å². The minimum absolute atomic E-state index is 0.0476. The molecule has 4 aromatic rings. The molecule has 0 radical (unpaired) electrons. The maximum Gasteiger partial charge on any atom is 0.387 e. The molecular weight excluding hydrogens is 410 g/mol. The van der Waals surface area contributed by atoms with Crippen molar-refractivity contribution in [3.8, 4) is 5.75 Å². The Balaban J connectivity index is 1.62. The second-order valence-corrected chi connectivity index (χ2v) is 6.49. The number of imidazole rings is 1. The summed E-state index contributed by atoms with van der Waals surface area (Å²) in [7, 11) is 0. The lowest BCUT2D eigenvalue weighted by Gasteiger charge is -2.32. The van der Waals surface area contributed by atoms with Crippen LogP contribution in [0.4, 0.5) is 23.6 Å². The number of alkyl halides is 4. The Morgan fingerprint density at radius 2 is 2.10 bits per heavy atom. The summed E-state index contributed by atoms with van der Waals surface area (Å²) in [5.74, 6) is -0.840. The van der Waals surface area contributed by atoms with E-state index in [1.54, 1.807) is 17.2 Å². The number of hydrogen-bond donors (Lipinski definition) is 1. The summed E-state index contributed by atoms with van der Waals surface area (Å²) in [6, 6.07) is 3.73. The molecule has 1 aliphatic rings. The molecule has 4 aromatic heterocycles. The van der Waals surface area contributed by atoms with E-state index in [1.807, 2.05) is 0 Å². The molecule has 5 heterocycles. The van der Waals surface area contributed by atoms with Crippen LogP contribution in [0.15, 0.2) is 35.1 Å². The van der Waals surface area contributed by atoms with Crippen LogP contribution in [0.2, 0.25) is 0 Å². The molecule has 0 spiro atoms. The number of rotatable bonds is 5. The van der Waals surface area contributed by atoms with Gasteiger partial charge in [-0.25, -0.2) is 9.50 Å². The van der Waals surface area contributed by atoms with Crippen LogP contribution in [0.5, 0.6) is 5.75 Å². The normalized spacial score (nSPS) is 16.6. The molecule has 9 nitrogen and oxygen atoms in total. The molecule has 0 amide bonds. The van der Waals surface area contributed by atoms with Crippen molar-refractivity contribution in [3.05, 3.63) is 53.7 Å². The van der Waals surface area contributed by atoms with E-state index >= 15 is 0 Å². The average molecular weight is 423 g/mol. The van der Waals surface area contributed by atoms with E-state index in [1.165, 1.54) is 23.0 Å². The van der Waals surface area contributed by atoms with Crippen molar-refractivity contribution in [2.24, 2.45) is 0 Å². The lowest BCUT2D eigenvalue weighted by molar-refractivity contribution is -0.0490. The minimum atomic E-state index is -3.00. The average Bonchev–Trinajstić information content (AvgIpc) is 3.45. The zero-order valence-electron chi connectivity index (χ0n) is 15.0. The van der Waals surface area contributed by atoms with Crippen LogP contribution in [0.25, 0.3) is 5.52 Å². The molecule has 0 saturated carbocycles. The van der Waals surface area contributed by atoms with E-state index in [4.69, 9.17) is 4.42 Å². The van der Waals surface area contributed by atoms with Crippen LogP contribution in [0.1, 0.15) is 35.4 Å². The molecule has 156 valence electrons. The summed E-state index contributed by atoms with van der Waals surface area (Å²) >= 11 is 0. The van der Waals surface area contributed by atoms with Crippen LogP contribution in [-0.4, -0.2) is 42.9 Å². The van der Waals surface area contributed by atoms with Crippen molar-refractivity contribution < 1.29 is 26.7 Å². The van der Waals surface area contributed by atoms with Crippen LogP contribution in [0, 0.1) is 0 Å². The zero-order valence-corrected chi connectivity index (χ0v) is 15.0. The minimum Gasteiger partial charge on any atom is -0.433 e. The van der Waals surface area contributed by atoms with Crippen molar-refractivity contribution in [1.29, 1.82) is 0 Å². The lowest BCUT2D eigenvalue weighted by atomic mass is 10.0. The Hall–Kier alpha value is -3.64. The van der Waals surface area contributed by atoms with E-state index in [0.717, 1.165) is 5.69 Å². The zero-order chi connectivity index (χ0) is 20.8. The summed E-state index contributed by atoms with van der Waals surface area (Å²) < 4.78 is 62.4. The van der Waals surface area contributed by atoms with Gasteiger partial charge >= 0.3 is 19.1 Å². The second-order valence-electron chi connectivity index (χ2n) is 6.49. The Bertz CT molecular complexity index is 1190. The first-order valence-electron chi connectivity index (χ1n) is 8.84. The molecule has 1 aliphatic heterocycles. The SMILES string of the molecule is FC(F)Oc1cccn2nc([C@H]3c4nc[nH]c4CCN3c3nnc(C(F)F)o3)cc12. The molecular formula is C17H13F4N7O2. The molecule has 1 atom stereocenters. The van der Waals surface area contributed by atoms with Crippen LogP contribution < -0.4 is 9.64 Å². The molecule has 0 saturated heterocycles. The molecule has 30 heavy (non-hydrogen) atoms. The fourth-order valence-electron chi connectivity index (χ4n) is 3.55. The maximum absolute atomic E-state index is 12.9. The molecule has 0 aliphatic carbocycles.